The number of rotatable bonds is 6. The summed E-state index contributed by atoms with van der Waals surface area (Å²) in [7, 11) is 0. The van der Waals surface area contributed by atoms with Crippen LogP contribution in [0.1, 0.15) is 11.3 Å². The van der Waals surface area contributed by atoms with Gasteiger partial charge in [-0.3, -0.25) is 19.9 Å². The number of benzene rings is 2. The van der Waals surface area contributed by atoms with Crippen LogP contribution in [0.15, 0.2) is 73.1 Å². The lowest BCUT2D eigenvalue weighted by atomic mass is 10.1. The lowest BCUT2D eigenvalue weighted by molar-refractivity contribution is -0.384. The van der Waals surface area contributed by atoms with Crippen LogP contribution < -0.4 is 4.90 Å². The van der Waals surface area contributed by atoms with Crippen molar-refractivity contribution in [3.8, 4) is 11.5 Å². The van der Waals surface area contributed by atoms with E-state index in [1.54, 1.807) is 23.4 Å². The highest BCUT2D eigenvalue weighted by atomic mass is 16.6. The van der Waals surface area contributed by atoms with Crippen LogP contribution in [0.3, 0.4) is 0 Å². The van der Waals surface area contributed by atoms with Gasteiger partial charge in [0.2, 0.25) is 5.91 Å². The summed E-state index contributed by atoms with van der Waals surface area (Å²) in [5.41, 5.74) is 4.68. The SMILES string of the molecule is O=C(Cn1cc(Cn2c(-c3ccccn3)nc3ccccc32)nn1)N1CCc2ccc([N+](=O)[O-])cc21. The minimum atomic E-state index is -0.454. The van der Waals surface area contributed by atoms with Gasteiger partial charge >= 0.3 is 0 Å². The third-order valence-corrected chi connectivity index (χ3v) is 6.23. The molecule has 5 aromatic rings. The molecule has 0 radical (unpaired) electrons. The Hall–Kier alpha value is -4.93. The van der Waals surface area contributed by atoms with Crippen LogP contribution in [0.25, 0.3) is 22.6 Å². The molecule has 0 saturated heterocycles. The third-order valence-electron chi connectivity index (χ3n) is 6.23. The van der Waals surface area contributed by atoms with Gasteiger partial charge in [-0.15, -0.1) is 5.10 Å². The van der Waals surface area contributed by atoms with Gasteiger partial charge in [0.1, 0.15) is 17.9 Å². The molecular weight excluding hydrogens is 460 g/mol. The number of carbonyl (C=O) groups excluding carboxylic acids is 1. The maximum Gasteiger partial charge on any atom is 0.271 e. The van der Waals surface area contributed by atoms with Crippen molar-refractivity contribution in [3.05, 3.63) is 94.4 Å². The first-order chi connectivity index (χ1) is 17.6. The van der Waals surface area contributed by atoms with Crippen molar-refractivity contribution < 1.29 is 9.72 Å². The molecule has 0 saturated carbocycles. The predicted octanol–water partition coefficient (Wildman–Crippen LogP) is 3.24. The first kappa shape index (κ1) is 21.6. The van der Waals surface area contributed by atoms with Crippen LogP contribution in [0.4, 0.5) is 11.4 Å². The summed E-state index contributed by atoms with van der Waals surface area (Å²) < 4.78 is 3.52. The Morgan fingerprint density at radius 3 is 2.78 bits per heavy atom. The molecule has 3 aromatic heterocycles. The van der Waals surface area contributed by atoms with Gasteiger partial charge in [-0.05, 0) is 36.2 Å². The normalized spacial score (nSPS) is 12.7. The van der Waals surface area contributed by atoms with E-state index in [0.717, 1.165) is 28.1 Å². The Kier molecular flexibility index (Phi) is 5.21. The molecule has 0 aliphatic carbocycles. The van der Waals surface area contributed by atoms with Crippen LogP contribution in [0.2, 0.25) is 0 Å². The fourth-order valence-corrected chi connectivity index (χ4v) is 4.54. The lowest BCUT2D eigenvalue weighted by Crippen LogP contribution is -2.32. The summed E-state index contributed by atoms with van der Waals surface area (Å²) in [5.74, 6) is 0.519. The van der Waals surface area contributed by atoms with E-state index in [9.17, 15) is 14.9 Å². The van der Waals surface area contributed by atoms with Gasteiger partial charge in [-0.2, -0.15) is 0 Å². The summed E-state index contributed by atoms with van der Waals surface area (Å²) >= 11 is 0. The first-order valence-electron chi connectivity index (χ1n) is 11.4. The van der Waals surface area contributed by atoms with Crippen molar-refractivity contribution in [3.63, 3.8) is 0 Å². The standard InChI is InChI=1S/C25H20N8O3/c34-24(31-12-10-17-8-9-19(33(35)36)13-23(17)31)16-30-14-18(28-29-30)15-32-22-7-2-1-5-20(22)27-25(32)21-6-3-4-11-26-21/h1-9,11,13-14H,10,12,15-16H2. The molecule has 0 fully saturated rings. The topological polar surface area (TPSA) is 125 Å². The van der Waals surface area contributed by atoms with Gasteiger partial charge < -0.3 is 9.47 Å². The van der Waals surface area contributed by atoms with Crippen LogP contribution in [-0.2, 0) is 24.3 Å². The molecule has 6 rings (SSSR count). The van der Waals surface area contributed by atoms with Gasteiger partial charge in [-0.1, -0.05) is 29.5 Å². The zero-order valence-electron chi connectivity index (χ0n) is 19.1. The van der Waals surface area contributed by atoms with E-state index >= 15 is 0 Å². The van der Waals surface area contributed by atoms with E-state index < -0.39 is 4.92 Å². The molecule has 1 amide bonds. The zero-order valence-corrected chi connectivity index (χ0v) is 19.1. The maximum absolute atomic E-state index is 13.0. The smallest absolute Gasteiger partial charge is 0.271 e. The van der Waals surface area contributed by atoms with Crippen molar-refractivity contribution in [2.24, 2.45) is 0 Å². The number of para-hydroxylation sites is 2. The van der Waals surface area contributed by atoms with Crippen molar-refractivity contribution >= 4 is 28.3 Å². The highest BCUT2D eigenvalue weighted by Crippen LogP contribution is 2.32. The molecule has 0 unspecified atom stereocenters. The molecule has 11 nitrogen and oxygen atoms in total. The Morgan fingerprint density at radius 1 is 1.08 bits per heavy atom. The lowest BCUT2D eigenvalue weighted by Gasteiger charge is -2.16. The molecule has 1 aliphatic rings. The van der Waals surface area contributed by atoms with Gasteiger partial charge in [0, 0.05) is 24.9 Å². The second-order valence-corrected chi connectivity index (χ2v) is 8.50. The van der Waals surface area contributed by atoms with Crippen molar-refractivity contribution in [1.29, 1.82) is 0 Å². The molecule has 0 atom stereocenters. The van der Waals surface area contributed by atoms with Gasteiger partial charge in [0.05, 0.1) is 34.4 Å². The van der Waals surface area contributed by atoms with E-state index in [2.05, 4.69) is 15.3 Å². The Labute approximate surface area is 204 Å². The second kappa shape index (κ2) is 8.69. The molecule has 0 spiro atoms. The number of imidazole rings is 1. The Bertz CT molecular complexity index is 1610. The molecule has 0 bridgehead atoms. The molecule has 178 valence electrons. The molecule has 4 heterocycles. The number of nitrogens with zero attached hydrogens (tertiary/aromatic N) is 8. The minimum absolute atomic E-state index is 0.0209. The Morgan fingerprint density at radius 2 is 1.94 bits per heavy atom. The van der Waals surface area contributed by atoms with E-state index in [4.69, 9.17) is 4.98 Å². The fourth-order valence-electron chi connectivity index (χ4n) is 4.54. The summed E-state index contributed by atoms with van der Waals surface area (Å²) in [6.07, 6.45) is 4.12. The van der Waals surface area contributed by atoms with Crippen molar-refractivity contribution in [1.82, 2.24) is 29.5 Å². The summed E-state index contributed by atoms with van der Waals surface area (Å²) in [6, 6.07) is 18.2. The summed E-state index contributed by atoms with van der Waals surface area (Å²) in [4.78, 5) is 34.5. The highest BCUT2D eigenvalue weighted by Gasteiger charge is 2.27. The molecule has 1 aliphatic heterocycles. The van der Waals surface area contributed by atoms with E-state index in [1.165, 1.54) is 16.8 Å². The number of nitro groups is 1. The quantitative estimate of drug-likeness (QED) is 0.270. The van der Waals surface area contributed by atoms with E-state index in [-0.39, 0.29) is 18.1 Å². The van der Waals surface area contributed by atoms with Crippen LogP contribution in [-0.4, -0.2) is 46.9 Å². The largest absolute Gasteiger partial charge is 0.316 e. The molecule has 36 heavy (non-hydrogen) atoms. The molecular formula is C25H20N8O3. The number of fused-ring (bicyclic) bond motifs is 2. The molecule has 11 heteroatoms. The van der Waals surface area contributed by atoms with Crippen LogP contribution in [0.5, 0.6) is 0 Å². The van der Waals surface area contributed by atoms with E-state index in [1.807, 2.05) is 47.0 Å². The van der Waals surface area contributed by atoms with E-state index in [0.29, 0.717) is 30.9 Å². The number of pyridine rings is 1. The monoisotopic (exact) mass is 480 g/mol. The first-order valence-corrected chi connectivity index (χ1v) is 11.4. The molecule has 0 N–H and O–H groups in total. The van der Waals surface area contributed by atoms with Crippen LogP contribution in [0, 0.1) is 10.1 Å². The van der Waals surface area contributed by atoms with Crippen LogP contribution >= 0.6 is 0 Å². The predicted molar refractivity (Wildman–Crippen MR) is 131 cm³/mol. The summed E-state index contributed by atoms with van der Waals surface area (Å²) in [6.45, 7) is 0.859. The number of anilines is 1. The average Bonchev–Trinajstić information content (AvgIpc) is 3.62. The number of hydrogen-bond donors (Lipinski definition) is 0. The number of carbonyl (C=O) groups is 1. The number of aromatic nitrogens is 6. The highest BCUT2D eigenvalue weighted by molar-refractivity contribution is 5.95. The number of non-ortho nitro benzene ring substituents is 1. The number of amides is 1. The van der Waals surface area contributed by atoms with Gasteiger partial charge in [0.15, 0.2) is 5.82 Å². The van der Waals surface area contributed by atoms with Crippen molar-refractivity contribution in [2.75, 3.05) is 11.4 Å². The Balaban J connectivity index is 1.24. The fraction of sp³-hybridized carbons (Fsp3) is 0.160. The van der Waals surface area contributed by atoms with Gasteiger partial charge in [-0.25, -0.2) is 9.67 Å². The third kappa shape index (κ3) is 3.86. The average molecular weight is 480 g/mol. The minimum Gasteiger partial charge on any atom is -0.316 e. The van der Waals surface area contributed by atoms with Gasteiger partial charge in [0.25, 0.3) is 5.69 Å². The second-order valence-electron chi connectivity index (χ2n) is 8.50. The number of nitro benzene ring substituents is 1. The zero-order chi connectivity index (χ0) is 24.6. The summed E-state index contributed by atoms with van der Waals surface area (Å²) in [5, 5.41) is 19.6. The number of hydrogen-bond acceptors (Lipinski definition) is 7. The van der Waals surface area contributed by atoms with Crippen molar-refractivity contribution in [2.45, 2.75) is 19.5 Å². The molecule has 2 aromatic carbocycles. The maximum atomic E-state index is 13.0.